The Morgan fingerprint density at radius 1 is 1.37 bits per heavy atom. The van der Waals surface area contributed by atoms with Crippen LogP contribution in [0, 0.1) is 0 Å². The number of Topliss-reactive ketones (excluding diaryl/α,β-unsaturated/α-hetero) is 1. The molecule has 0 aliphatic heterocycles. The summed E-state index contributed by atoms with van der Waals surface area (Å²) in [4.78, 5) is 16.4. The zero-order valence-electron chi connectivity index (χ0n) is 11.3. The van der Waals surface area contributed by atoms with Crippen LogP contribution in [0.5, 0.6) is 0 Å². The van der Waals surface area contributed by atoms with Crippen molar-refractivity contribution in [2.45, 2.75) is 32.7 Å². The Labute approximate surface area is 113 Å². The SMILES string of the molecule is CCn1ccnc1C(=O)CC(C)c1ccc(N)cc1. The first-order valence-electron chi connectivity index (χ1n) is 6.51. The van der Waals surface area contributed by atoms with Crippen LogP contribution in [0.15, 0.2) is 36.7 Å². The maximum absolute atomic E-state index is 12.2. The van der Waals surface area contributed by atoms with Crippen molar-refractivity contribution in [3.63, 3.8) is 0 Å². The highest BCUT2D eigenvalue weighted by Crippen LogP contribution is 2.21. The molecule has 1 unspecified atom stereocenters. The largest absolute Gasteiger partial charge is 0.399 e. The zero-order valence-corrected chi connectivity index (χ0v) is 11.3. The first-order chi connectivity index (χ1) is 9.11. The molecule has 0 aliphatic carbocycles. The lowest BCUT2D eigenvalue weighted by atomic mass is 9.95. The van der Waals surface area contributed by atoms with Crippen molar-refractivity contribution in [3.8, 4) is 0 Å². The molecular weight excluding hydrogens is 238 g/mol. The Balaban J connectivity index is 2.08. The summed E-state index contributed by atoms with van der Waals surface area (Å²) in [5.41, 5.74) is 7.52. The first kappa shape index (κ1) is 13.3. The van der Waals surface area contributed by atoms with Crippen LogP contribution >= 0.6 is 0 Å². The van der Waals surface area contributed by atoms with Crippen LogP contribution in [0.1, 0.15) is 42.4 Å². The topological polar surface area (TPSA) is 60.9 Å². The number of imidazole rings is 1. The predicted octanol–water partition coefficient (Wildman–Crippen LogP) is 2.86. The Hall–Kier alpha value is -2.10. The number of aryl methyl sites for hydroxylation is 1. The Morgan fingerprint density at radius 2 is 2.05 bits per heavy atom. The molecule has 1 heterocycles. The average molecular weight is 257 g/mol. The molecule has 0 radical (unpaired) electrons. The van der Waals surface area contributed by atoms with E-state index in [1.807, 2.05) is 48.9 Å². The summed E-state index contributed by atoms with van der Waals surface area (Å²) < 4.78 is 1.87. The molecule has 0 aliphatic rings. The highest BCUT2D eigenvalue weighted by Gasteiger charge is 2.16. The van der Waals surface area contributed by atoms with Crippen LogP contribution in [0.4, 0.5) is 5.69 Å². The third-order valence-electron chi connectivity index (χ3n) is 3.30. The van der Waals surface area contributed by atoms with Gasteiger partial charge in [0.1, 0.15) is 0 Å². The minimum absolute atomic E-state index is 0.0798. The van der Waals surface area contributed by atoms with Gasteiger partial charge >= 0.3 is 0 Å². The van der Waals surface area contributed by atoms with Crippen LogP contribution in [0.3, 0.4) is 0 Å². The van der Waals surface area contributed by atoms with Gasteiger partial charge in [-0.25, -0.2) is 4.98 Å². The molecule has 2 aromatic rings. The molecule has 0 fully saturated rings. The number of benzene rings is 1. The van der Waals surface area contributed by atoms with E-state index >= 15 is 0 Å². The number of carbonyl (C=O) groups excluding carboxylic acids is 1. The van der Waals surface area contributed by atoms with Gasteiger partial charge in [0, 0.05) is 31.0 Å². The van der Waals surface area contributed by atoms with Gasteiger partial charge in [0.25, 0.3) is 0 Å². The number of aromatic nitrogens is 2. The van der Waals surface area contributed by atoms with Gasteiger partial charge < -0.3 is 10.3 Å². The van der Waals surface area contributed by atoms with Gasteiger partial charge in [0.15, 0.2) is 11.6 Å². The van der Waals surface area contributed by atoms with Crippen molar-refractivity contribution >= 4 is 11.5 Å². The summed E-state index contributed by atoms with van der Waals surface area (Å²) in [6.07, 6.45) is 3.96. The molecule has 1 atom stereocenters. The fourth-order valence-corrected chi connectivity index (χ4v) is 2.13. The van der Waals surface area contributed by atoms with Crippen molar-refractivity contribution in [2.75, 3.05) is 5.73 Å². The number of hydrogen-bond donors (Lipinski definition) is 1. The molecule has 0 amide bonds. The minimum Gasteiger partial charge on any atom is -0.399 e. The van der Waals surface area contributed by atoms with Crippen LogP contribution < -0.4 is 5.73 Å². The number of carbonyl (C=O) groups is 1. The monoisotopic (exact) mass is 257 g/mol. The highest BCUT2D eigenvalue weighted by atomic mass is 16.1. The van der Waals surface area contributed by atoms with Gasteiger partial charge in [-0.3, -0.25) is 4.79 Å². The third-order valence-corrected chi connectivity index (χ3v) is 3.30. The molecule has 0 bridgehead atoms. The smallest absolute Gasteiger partial charge is 0.198 e. The molecule has 1 aromatic heterocycles. The van der Waals surface area contributed by atoms with Crippen LogP contribution in [0.25, 0.3) is 0 Å². The Bertz CT molecular complexity index is 557. The molecule has 0 saturated heterocycles. The van der Waals surface area contributed by atoms with Gasteiger partial charge in [0.05, 0.1) is 0 Å². The summed E-state index contributed by atoms with van der Waals surface area (Å²) >= 11 is 0. The van der Waals surface area contributed by atoms with E-state index in [0.717, 1.165) is 17.8 Å². The van der Waals surface area contributed by atoms with Gasteiger partial charge in [-0.2, -0.15) is 0 Å². The van der Waals surface area contributed by atoms with E-state index in [9.17, 15) is 4.79 Å². The second-order valence-corrected chi connectivity index (χ2v) is 4.73. The number of ketones is 1. The van der Waals surface area contributed by atoms with Crippen LogP contribution in [-0.4, -0.2) is 15.3 Å². The van der Waals surface area contributed by atoms with Crippen molar-refractivity contribution in [2.24, 2.45) is 0 Å². The quantitative estimate of drug-likeness (QED) is 0.661. The van der Waals surface area contributed by atoms with Gasteiger partial charge in [-0.1, -0.05) is 19.1 Å². The fourth-order valence-electron chi connectivity index (χ4n) is 2.13. The average Bonchev–Trinajstić information content (AvgIpc) is 2.87. The number of nitrogens with two attached hydrogens (primary N) is 1. The van der Waals surface area contributed by atoms with E-state index in [-0.39, 0.29) is 11.7 Å². The minimum atomic E-state index is 0.0798. The second-order valence-electron chi connectivity index (χ2n) is 4.73. The van der Waals surface area contributed by atoms with E-state index in [0.29, 0.717) is 12.2 Å². The van der Waals surface area contributed by atoms with Crippen LogP contribution in [-0.2, 0) is 6.54 Å². The Morgan fingerprint density at radius 3 is 2.68 bits per heavy atom. The summed E-state index contributed by atoms with van der Waals surface area (Å²) in [6.45, 7) is 4.81. The molecule has 4 heteroatoms. The molecule has 1 aromatic carbocycles. The normalized spacial score (nSPS) is 12.3. The summed E-state index contributed by atoms with van der Waals surface area (Å²) in [5.74, 6) is 0.788. The van der Waals surface area contributed by atoms with Crippen molar-refractivity contribution in [1.82, 2.24) is 9.55 Å². The summed E-state index contributed by atoms with van der Waals surface area (Å²) in [6, 6.07) is 7.67. The van der Waals surface area contributed by atoms with Gasteiger partial charge in [-0.05, 0) is 30.5 Å². The van der Waals surface area contributed by atoms with Gasteiger partial charge in [0.2, 0.25) is 0 Å². The summed E-state index contributed by atoms with van der Waals surface area (Å²) in [7, 11) is 0. The zero-order chi connectivity index (χ0) is 13.8. The fraction of sp³-hybridized carbons (Fsp3) is 0.333. The summed E-state index contributed by atoms with van der Waals surface area (Å²) in [5, 5.41) is 0. The van der Waals surface area contributed by atoms with Gasteiger partial charge in [-0.15, -0.1) is 0 Å². The number of hydrogen-bond acceptors (Lipinski definition) is 3. The molecule has 4 nitrogen and oxygen atoms in total. The highest BCUT2D eigenvalue weighted by molar-refractivity contribution is 5.93. The molecule has 100 valence electrons. The maximum Gasteiger partial charge on any atom is 0.198 e. The van der Waals surface area contributed by atoms with Crippen molar-refractivity contribution in [3.05, 3.63) is 48.0 Å². The lowest BCUT2D eigenvalue weighted by Crippen LogP contribution is -2.12. The van der Waals surface area contributed by atoms with E-state index in [1.165, 1.54) is 0 Å². The maximum atomic E-state index is 12.2. The van der Waals surface area contributed by atoms with Crippen LogP contribution in [0.2, 0.25) is 0 Å². The van der Waals surface area contributed by atoms with Crippen molar-refractivity contribution in [1.29, 1.82) is 0 Å². The van der Waals surface area contributed by atoms with E-state index < -0.39 is 0 Å². The molecule has 0 spiro atoms. The first-order valence-corrected chi connectivity index (χ1v) is 6.51. The lowest BCUT2D eigenvalue weighted by molar-refractivity contribution is 0.0961. The molecular formula is C15H19N3O. The third kappa shape index (κ3) is 3.02. The molecule has 2 N–H and O–H groups in total. The Kier molecular flexibility index (Phi) is 4.00. The predicted molar refractivity (Wildman–Crippen MR) is 76.1 cm³/mol. The molecule has 2 rings (SSSR count). The van der Waals surface area contributed by atoms with Crippen molar-refractivity contribution < 1.29 is 4.79 Å². The lowest BCUT2D eigenvalue weighted by Gasteiger charge is -2.11. The number of nitrogen functional groups attached to an aromatic ring is 1. The number of anilines is 1. The number of rotatable bonds is 5. The molecule has 19 heavy (non-hydrogen) atoms. The van der Waals surface area contributed by atoms with E-state index in [2.05, 4.69) is 4.98 Å². The number of nitrogens with zero attached hydrogens (tertiary/aromatic N) is 2. The van der Waals surface area contributed by atoms with E-state index in [1.54, 1.807) is 6.20 Å². The second kappa shape index (κ2) is 5.69. The molecule has 0 saturated carbocycles. The standard InChI is InChI=1S/C15H19N3O/c1-3-18-9-8-17-15(18)14(19)10-11(2)12-4-6-13(16)7-5-12/h4-9,11H,3,10,16H2,1-2H3. The van der Waals surface area contributed by atoms with E-state index in [4.69, 9.17) is 5.73 Å².